The number of carbonyl (C=O) groups excluding carboxylic acids is 2. The predicted octanol–water partition coefficient (Wildman–Crippen LogP) is 2.51. The zero-order valence-corrected chi connectivity index (χ0v) is 19.5. The van der Waals surface area contributed by atoms with E-state index >= 15 is 0 Å². The van der Waals surface area contributed by atoms with Gasteiger partial charge in [-0.1, -0.05) is 18.2 Å². The number of anilines is 1. The van der Waals surface area contributed by atoms with Crippen molar-refractivity contribution in [3.63, 3.8) is 0 Å². The minimum absolute atomic E-state index is 0.0316. The summed E-state index contributed by atoms with van der Waals surface area (Å²) in [4.78, 5) is 54.3. The maximum Gasteiger partial charge on any atom is 0.405 e. The van der Waals surface area contributed by atoms with Gasteiger partial charge in [0, 0.05) is 20.3 Å². The molecule has 0 aliphatic heterocycles. The van der Waals surface area contributed by atoms with Gasteiger partial charge < -0.3 is 25.2 Å². The van der Waals surface area contributed by atoms with Crippen LogP contribution in [-0.4, -0.2) is 57.6 Å². The Morgan fingerprint density at radius 3 is 2.68 bits per heavy atom. The molecule has 34 heavy (non-hydrogen) atoms. The second-order valence-corrected chi connectivity index (χ2v) is 8.75. The average molecular weight is 484 g/mol. The molecular weight excluding hydrogens is 458 g/mol. The molecule has 1 aromatic carbocycles. The maximum absolute atomic E-state index is 12.9. The molecule has 2 aromatic heterocycles. The minimum atomic E-state index is -1.37. The van der Waals surface area contributed by atoms with Crippen molar-refractivity contribution in [1.29, 1.82) is 0 Å². The average Bonchev–Trinajstić information content (AvgIpc) is 3.20. The Morgan fingerprint density at radius 1 is 1.21 bits per heavy atom. The number of nitrogens with one attached hydrogen (secondary N) is 2. The normalized spacial score (nSPS) is 11.9. The molecule has 0 bridgehead atoms. The van der Waals surface area contributed by atoms with Crippen LogP contribution in [0.15, 0.2) is 59.5 Å². The molecule has 0 fully saturated rings. The lowest BCUT2D eigenvalue weighted by Crippen LogP contribution is -2.44. The summed E-state index contributed by atoms with van der Waals surface area (Å²) in [7, 11) is 3.22. The quantitative estimate of drug-likeness (QED) is 0.401. The van der Waals surface area contributed by atoms with Crippen LogP contribution in [0, 0.1) is 0 Å². The monoisotopic (exact) mass is 483 g/mol. The number of carboxylic acid groups (broad SMARTS) is 1. The Balaban J connectivity index is 1.70. The standard InChI is InChI=1S/C23H25N5O5S/c1-27(2)20(29)12-6-4-9-16(26-23(32)33)21(30)25-17-10-7-13-28(22(17)31)14-19-24-15-8-3-5-11-18(15)34-19/h3,5-8,10-13,16,26H,4,9,14H2,1-2H3,(H,25,30)(H,32,33)/b12-6+. The molecule has 0 radical (unpaired) electrons. The third-order valence-electron chi connectivity index (χ3n) is 4.86. The lowest BCUT2D eigenvalue weighted by Gasteiger charge is -2.16. The molecule has 0 saturated heterocycles. The lowest BCUT2D eigenvalue weighted by molar-refractivity contribution is -0.123. The van der Waals surface area contributed by atoms with E-state index in [1.807, 2.05) is 24.3 Å². The second kappa shape index (κ2) is 11.2. The highest BCUT2D eigenvalue weighted by Gasteiger charge is 2.21. The van der Waals surface area contributed by atoms with Crippen LogP contribution in [0.2, 0.25) is 0 Å². The number of thiazole rings is 1. The van der Waals surface area contributed by atoms with E-state index in [9.17, 15) is 19.2 Å². The Bertz CT molecular complexity index is 1250. The molecule has 3 aromatic rings. The van der Waals surface area contributed by atoms with Gasteiger partial charge in [0.1, 0.15) is 16.7 Å². The summed E-state index contributed by atoms with van der Waals surface area (Å²) in [5.74, 6) is -0.880. The Morgan fingerprint density at radius 2 is 1.97 bits per heavy atom. The number of para-hydroxylation sites is 1. The highest BCUT2D eigenvalue weighted by atomic mass is 32.1. The summed E-state index contributed by atoms with van der Waals surface area (Å²) >= 11 is 1.48. The van der Waals surface area contributed by atoms with E-state index in [0.717, 1.165) is 15.2 Å². The lowest BCUT2D eigenvalue weighted by atomic mass is 10.1. The van der Waals surface area contributed by atoms with Crippen LogP contribution in [0.1, 0.15) is 17.8 Å². The van der Waals surface area contributed by atoms with Crippen molar-refractivity contribution in [2.24, 2.45) is 0 Å². The molecular formula is C23H25N5O5S. The third-order valence-corrected chi connectivity index (χ3v) is 5.88. The number of hydrogen-bond donors (Lipinski definition) is 3. The van der Waals surface area contributed by atoms with E-state index in [0.29, 0.717) is 0 Å². The first kappa shape index (κ1) is 24.6. The van der Waals surface area contributed by atoms with Gasteiger partial charge in [0.25, 0.3) is 5.56 Å². The summed E-state index contributed by atoms with van der Waals surface area (Å²) in [5, 5.41) is 14.5. The first-order chi connectivity index (χ1) is 16.2. The number of pyridine rings is 1. The van der Waals surface area contributed by atoms with Gasteiger partial charge in [0.15, 0.2) is 0 Å². The van der Waals surface area contributed by atoms with Crippen molar-refractivity contribution < 1.29 is 19.5 Å². The molecule has 0 aliphatic carbocycles. The minimum Gasteiger partial charge on any atom is -0.465 e. The second-order valence-electron chi connectivity index (χ2n) is 7.63. The Labute approximate surface area is 199 Å². The Hall–Kier alpha value is -3.99. The molecule has 3 N–H and O–H groups in total. The topological polar surface area (TPSA) is 134 Å². The fourth-order valence-corrected chi connectivity index (χ4v) is 4.09. The molecule has 3 amide bonds. The van der Waals surface area contributed by atoms with Crippen LogP contribution in [0.5, 0.6) is 0 Å². The summed E-state index contributed by atoms with van der Waals surface area (Å²) < 4.78 is 2.45. The summed E-state index contributed by atoms with van der Waals surface area (Å²) in [6, 6.07) is 9.65. The molecule has 0 aliphatic rings. The van der Waals surface area contributed by atoms with Crippen LogP contribution in [0.3, 0.4) is 0 Å². The number of fused-ring (bicyclic) bond motifs is 1. The van der Waals surface area contributed by atoms with Gasteiger partial charge in [0.2, 0.25) is 11.8 Å². The van der Waals surface area contributed by atoms with E-state index in [2.05, 4.69) is 15.6 Å². The predicted molar refractivity (Wildman–Crippen MR) is 130 cm³/mol. The van der Waals surface area contributed by atoms with Crippen molar-refractivity contribution in [3.05, 3.63) is 70.1 Å². The summed E-state index contributed by atoms with van der Waals surface area (Å²) in [6.07, 6.45) is 3.56. The molecule has 3 rings (SSSR count). The molecule has 2 heterocycles. The van der Waals surface area contributed by atoms with Crippen LogP contribution >= 0.6 is 11.3 Å². The van der Waals surface area contributed by atoms with E-state index in [4.69, 9.17) is 5.11 Å². The Kier molecular flexibility index (Phi) is 8.14. The SMILES string of the molecule is CN(C)C(=O)/C=C/CCC(NC(=O)O)C(=O)Nc1cccn(Cc2nc3ccccc3s2)c1=O. The number of allylic oxidation sites excluding steroid dienone is 1. The van der Waals surface area contributed by atoms with Crippen molar-refractivity contribution in [2.45, 2.75) is 25.4 Å². The number of carbonyl (C=O) groups is 3. The number of benzene rings is 1. The van der Waals surface area contributed by atoms with Gasteiger partial charge >= 0.3 is 6.09 Å². The number of nitrogens with zero attached hydrogens (tertiary/aromatic N) is 3. The van der Waals surface area contributed by atoms with Gasteiger partial charge in [-0.15, -0.1) is 11.3 Å². The van der Waals surface area contributed by atoms with E-state index in [1.165, 1.54) is 32.9 Å². The fraction of sp³-hybridized carbons (Fsp3) is 0.261. The number of amides is 3. The number of likely N-dealkylation sites (N-methyl/N-ethyl adjacent to an activating group) is 1. The molecule has 11 heteroatoms. The third kappa shape index (κ3) is 6.51. The maximum atomic E-state index is 12.9. The van der Waals surface area contributed by atoms with Crippen LogP contribution in [0.4, 0.5) is 10.5 Å². The molecule has 0 spiro atoms. The molecule has 178 valence electrons. The summed E-state index contributed by atoms with van der Waals surface area (Å²) in [5.41, 5.74) is 0.453. The van der Waals surface area contributed by atoms with E-state index < -0.39 is 23.6 Å². The van der Waals surface area contributed by atoms with Crippen molar-refractivity contribution in [1.82, 2.24) is 19.8 Å². The van der Waals surface area contributed by atoms with Gasteiger partial charge in [-0.05, 0) is 43.2 Å². The number of rotatable bonds is 9. The van der Waals surface area contributed by atoms with Gasteiger partial charge in [0.05, 0.1) is 16.8 Å². The smallest absolute Gasteiger partial charge is 0.405 e. The zero-order valence-electron chi connectivity index (χ0n) is 18.7. The highest BCUT2D eigenvalue weighted by Crippen LogP contribution is 2.22. The van der Waals surface area contributed by atoms with Crippen LogP contribution in [0.25, 0.3) is 10.2 Å². The molecule has 1 unspecified atom stereocenters. The first-order valence-electron chi connectivity index (χ1n) is 10.5. The van der Waals surface area contributed by atoms with Gasteiger partial charge in [-0.25, -0.2) is 9.78 Å². The van der Waals surface area contributed by atoms with E-state index in [1.54, 1.807) is 32.4 Å². The fourth-order valence-electron chi connectivity index (χ4n) is 3.12. The van der Waals surface area contributed by atoms with Crippen molar-refractivity contribution in [2.75, 3.05) is 19.4 Å². The van der Waals surface area contributed by atoms with Gasteiger partial charge in [-0.2, -0.15) is 0 Å². The van der Waals surface area contributed by atoms with E-state index in [-0.39, 0.29) is 31.0 Å². The molecule has 0 saturated carbocycles. The summed E-state index contributed by atoms with van der Waals surface area (Å²) in [6.45, 7) is 0.239. The molecule has 1 atom stereocenters. The van der Waals surface area contributed by atoms with Crippen LogP contribution < -0.4 is 16.2 Å². The largest absolute Gasteiger partial charge is 0.465 e. The van der Waals surface area contributed by atoms with Crippen molar-refractivity contribution in [3.8, 4) is 0 Å². The number of hydrogen-bond acceptors (Lipinski definition) is 6. The highest BCUT2D eigenvalue weighted by molar-refractivity contribution is 7.18. The van der Waals surface area contributed by atoms with Crippen LogP contribution in [-0.2, 0) is 16.1 Å². The number of aromatic nitrogens is 2. The molecule has 10 nitrogen and oxygen atoms in total. The zero-order chi connectivity index (χ0) is 24.7. The first-order valence-corrected chi connectivity index (χ1v) is 11.3. The van der Waals surface area contributed by atoms with Gasteiger partial charge in [-0.3, -0.25) is 14.4 Å². The van der Waals surface area contributed by atoms with Crippen molar-refractivity contribution >= 4 is 45.1 Å².